The largest absolute Gasteiger partial charge is 0.351 e. The van der Waals surface area contributed by atoms with Gasteiger partial charge in [0.05, 0.1) is 6.54 Å². The van der Waals surface area contributed by atoms with Gasteiger partial charge in [0, 0.05) is 18.6 Å². The Labute approximate surface area is 121 Å². The van der Waals surface area contributed by atoms with Gasteiger partial charge in [0.1, 0.15) is 0 Å². The SMILES string of the molecule is CC1CC(NCC(=O)NCc2ccccc2)CCN1C. The number of benzene rings is 1. The first-order chi connectivity index (χ1) is 9.65. The Hall–Kier alpha value is -1.39. The van der Waals surface area contributed by atoms with E-state index in [0.29, 0.717) is 25.2 Å². The van der Waals surface area contributed by atoms with E-state index in [1.807, 2.05) is 30.3 Å². The molecule has 20 heavy (non-hydrogen) atoms. The minimum Gasteiger partial charge on any atom is -0.351 e. The molecule has 2 N–H and O–H groups in total. The van der Waals surface area contributed by atoms with E-state index >= 15 is 0 Å². The van der Waals surface area contributed by atoms with Crippen LogP contribution in [0.3, 0.4) is 0 Å². The zero-order chi connectivity index (χ0) is 14.4. The Morgan fingerprint density at radius 2 is 2.10 bits per heavy atom. The summed E-state index contributed by atoms with van der Waals surface area (Å²) in [5.74, 6) is 0.0698. The predicted molar refractivity (Wildman–Crippen MR) is 81.4 cm³/mol. The van der Waals surface area contributed by atoms with Gasteiger partial charge in [0.15, 0.2) is 0 Å². The van der Waals surface area contributed by atoms with Gasteiger partial charge in [0.2, 0.25) is 5.91 Å². The predicted octanol–water partition coefficient (Wildman–Crippen LogP) is 1.38. The summed E-state index contributed by atoms with van der Waals surface area (Å²) >= 11 is 0. The maximum Gasteiger partial charge on any atom is 0.234 e. The maximum absolute atomic E-state index is 11.8. The third-order valence-corrected chi connectivity index (χ3v) is 4.09. The molecule has 0 saturated carbocycles. The van der Waals surface area contributed by atoms with Crippen molar-refractivity contribution in [2.24, 2.45) is 0 Å². The lowest BCUT2D eigenvalue weighted by molar-refractivity contribution is -0.120. The van der Waals surface area contributed by atoms with E-state index in [1.165, 1.54) is 0 Å². The highest BCUT2D eigenvalue weighted by Crippen LogP contribution is 2.14. The molecule has 110 valence electrons. The van der Waals surface area contributed by atoms with Crippen molar-refractivity contribution >= 4 is 5.91 Å². The first-order valence-electron chi connectivity index (χ1n) is 7.39. The van der Waals surface area contributed by atoms with E-state index in [0.717, 1.165) is 24.9 Å². The van der Waals surface area contributed by atoms with Crippen LogP contribution in [0, 0.1) is 0 Å². The van der Waals surface area contributed by atoms with Crippen LogP contribution in [-0.4, -0.2) is 43.0 Å². The van der Waals surface area contributed by atoms with Crippen LogP contribution in [0.5, 0.6) is 0 Å². The Morgan fingerprint density at radius 3 is 2.80 bits per heavy atom. The molecular formula is C16H25N3O. The molecule has 1 aliphatic rings. The molecule has 0 spiro atoms. The fraction of sp³-hybridized carbons (Fsp3) is 0.562. The van der Waals surface area contributed by atoms with E-state index in [1.54, 1.807) is 0 Å². The average molecular weight is 275 g/mol. The third-order valence-electron chi connectivity index (χ3n) is 4.09. The van der Waals surface area contributed by atoms with Crippen LogP contribution in [0.2, 0.25) is 0 Å². The quantitative estimate of drug-likeness (QED) is 0.853. The number of amides is 1. The molecule has 2 unspecified atom stereocenters. The highest BCUT2D eigenvalue weighted by atomic mass is 16.1. The molecule has 1 aliphatic heterocycles. The number of nitrogens with one attached hydrogen (secondary N) is 2. The van der Waals surface area contributed by atoms with Crippen LogP contribution in [0.1, 0.15) is 25.3 Å². The Morgan fingerprint density at radius 1 is 1.35 bits per heavy atom. The molecule has 1 saturated heterocycles. The zero-order valence-corrected chi connectivity index (χ0v) is 12.4. The Balaban J connectivity index is 1.65. The lowest BCUT2D eigenvalue weighted by atomic mass is 9.99. The number of carbonyl (C=O) groups excluding carboxylic acids is 1. The van der Waals surface area contributed by atoms with Gasteiger partial charge >= 0.3 is 0 Å². The first-order valence-corrected chi connectivity index (χ1v) is 7.39. The minimum atomic E-state index is 0.0698. The van der Waals surface area contributed by atoms with E-state index < -0.39 is 0 Å². The van der Waals surface area contributed by atoms with Gasteiger partial charge in [-0.3, -0.25) is 4.79 Å². The summed E-state index contributed by atoms with van der Waals surface area (Å²) in [6.07, 6.45) is 2.23. The lowest BCUT2D eigenvalue weighted by Gasteiger charge is -2.35. The number of rotatable bonds is 5. The molecule has 1 fully saturated rings. The highest BCUT2D eigenvalue weighted by Gasteiger charge is 2.22. The van der Waals surface area contributed by atoms with E-state index in [4.69, 9.17) is 0 Å². The third kappa shape index (κ3) is 4.62. The normalized spacial score (nSPS) is 23.5. The molecule has 2 rings (SSSR count). The molecule has 4 heteroatoms. The number of nitrogens with zero attached hydrogens (tertiary/aromatic N) is 1. The Bertz CT molecular complexity index is 421. The van der Waals surface area contributed by atoms with E-state index in [-0.39, 0.29) is 5.91 Å². The van der Waals surface area contributed by atoms with Gasteiger partial charge in [0.25, 0.3) is 0 Å². The Kier molecular flexibility index (Phi) is 5.56. The molecule has 1 heterocycles. The van der Waals surface area contributed by atoms with Crippen LogP contribution in [-0.2, 0) is 11.3 Å². The second-order valence-corrected chi connectivity index (χ2v) is 5.69. The molecule has 4 nitrogen and oxygen atoms in total. The number of hydrogen-bond donors (Lipinski definition) is 2. The minimum absolute atomic E-state index is 0.0698. The highest BCUT2D eigenvalue weighted by molar-refractivity contribution is 5.78. The van der Waals surface area contributed by atoms with Crippen molar-refractivity contribution in [2.75, 3.05) is 20.1 Å². The van der Waals surface area contributed by atoms with Crippen molar-refractivity contribution in [3.05, 3.63) is 35.9 Å². The summed E-state index contributed by atoms with van der Waals surface area (Å²) in [6.45, 7) is 4.35. The molecule has 1 aromatic carbocycles. The van der Waals surface area contributed by atoms with Crippen LogP contribution in [0.25, 0.3) is 0 Å². The van der Waals surface area contributed by atoms with Crippen molar-refractivity contribution in [1.29, 1.82) is 0 Å². The molecule has 0 aliphatic carbocycles. The van der Waals surface area contributed by atoms with Gasteiger partial charge in [-0.25, -0.2) is 0 Å². The number of piperidine rings is 1. The molecular weight excluding hydrogens is 250 g/mol. The molecule has 0 aromatic heterocycles. The van der Waals surface area contributed by atoms with Crippen molar-refractivity contribution in [2.45, 2.75) is 38.4 Å². The first kappa shape index (κ1) is 15.0. The standard InChI is InChI=1S/C16H25N3O/c1-13-10-15(8-9-19(13)2)17-12-16(20)18-11-14-6-4-3-5-7-14/h3-7,13,15,17H,8-12H2,1-2H3,(H,18,20). The van der Waals surface area contributed by atoms with Gasteiger partial charge in [-0.05, 0) is 38.9 Å². The van der Waals surface area contributed by atoms with Crippen LogP contribution in [0.15, 0.2) is 30.3 Å². The fourth-order valence-electron chi connectivity index (χ4n) is 2.57. The topological polar surface area (TPSA) is 44.4 Å². The van der Waals surface area contributed by atoms with Gasteiger partial charge in [-0.2, -0.15) is 0 Å². The van der Waals surface area contributed by atoms with Crippen molar-refractivity contribution < 1.29 is 4.79 Å². The fourth-order valence-corrected chi connectivity index (χ4v) is 2.57. The van der Waals surface area contributed by atoms with Crippen LogP contribution < -0.4 is 10.6 Å². The number of likely N-dealkylation sites (tertiary alicyclic amines) is 1. The molecule has 1 aromatic rings. The van der Waals surface area contributed by atoms with Crippen LogP contribution >= 0.6 is 0 Å². The second-order valence-electron chi connectivity index (χ2n) is 5.69. The summed E-state index contributed by atoms with van der Waals surface area (Å²) in [4.78, 5) is 14.2. The summed E-state index contributed by atoms with van der Waals surface area (Å²) in [5.41, 5.74) is 1.13. The average Bonchev–Trinajstić information content (AvgIpc) is 2.47. The zero-order valence-electron chi connectivity index (χ0n) is 12.4. The van der Waals surface area contributed by atoms with Gasteiger partial charge in [-0.1, -0.05) is 30.3 Å². The van der Waals surface area contributed by atoms with E-state index in [9.17, 15) is 4.79 Å². The summed E-state index contributed by atoms with van der Waals surface area (Å²) in [7, 11) is 2.16. The smallest absolute Gasteiger partial charge is 0.234 e. The van der Waals surface area contributed by atoms with Crippen molar-refractivity contribution in [3.63, 3.8) is 0 Å². The molecule has 0 radical (unpaired) electrons. The summed E-state index contributed by atoms with van der Waals surface area (Å²) in [6, 6.07) is 11.0. The van der Waals surface area contributed by atoms with Gasteiger partial charge < -0.3 is 15.5 Å². The molecule has 0 bridgehead atoms. The number of carbonyl (C=O) groups is 1. The molecule has 1 amide bonds. The van der Waals surface area contributed by atoms with Crippen LogP contribution in [0.4, 0.5) is 0 Å². The van der Waals surface area contributed by atoms with Crippen molar-refractivity contribution in [3.8, 4) is 0 Å². The number of hydrogen-bond acceptors (Lipinski definition) is 3. The lowest BCUT2D eigenvalue weighted by Crippen LogP contribution is -2.47. The molecule has 2 atom stereocenters. The summed E-state index contributed by atoms with van der Waals surface area (Å²) < 4.78 is 0. The van der Waals surface area contributed by atoms with Gasteiger partial charge in [-0.15, -0.1) is 0 Å². The monoisotopic (exact) mass is 275 g/mol. The summed E-state index contributed by atoms with van der Waals surface area (Å²) in [5, 5.41) is 6.32. The second kappa shape index (κ2) is 7.41. The van der Waals surface area contributed by atoms with E-state index in [2.05, 4.69) is 29.5 Å². The van der Waals surface area contributed by atoms with Crippen molar-refractivity contribution in [1.82, 2.24) is 15.5 Å². The maximum atomic E-state index is 11.8.